The summed E-state index contributed by atoms with van der Waals surface area (Å²) in [5.41, 5.74) is 0.604. The van der Waals surface area contributed by atoms with Crippen molar-refractivity contribution in [2.75, 3.05) is 26.2 Å². The van der Waals surface area contributed by atoms with Crippen LogP contribution in [0.3, 0.4) is 0 Å². The summed E-state index contributed by atoms with van der Waals surface area (Å²) in [7, 11) is 0. The second kappa shape index (κ2) is 8.40. The number of fused-ring (bicyclic) bond motifs is 1. The van der Waals surface area contributed by atoms with Crippen molar-refractivity contribution < 1.29 is 4.79 Å². The Labute approximate surface area is 167 Å². The average molecular weight is 393 g/mol. The average Bonchev–Trinajstić information content (AvgIpc) is 2.76. The summed E-state index contributed by atoms with van der Waals surface area (Å²) in [6, 6.07) is 10.7. The van der Waals surface area contributed by atoms with Crippen LogP contribution < -0.4 is 11.1 Å². The van der Waals surface area contributed by atoms with Crippen molar-refractivity contribution in [3.05, 3.63) is 75.1 Å². The van der Waals surface area contributed by atoms with Gasteiger partial charge in [0, 0.05) is 51.5 Å². The highest BCUT2D eigenvalue weighted by Gasteiger charge is 2.21. The summed E-state index contributed by atoms with van der Waals surface area (Å²) < 4.78 is 1.24. The molecule has 1 fully saturated rings. The molecular weight excluding hydrogens is 370 g/mol. The SMILES string of the molecule is O=C(CCn1[nH]c(=O)c2ccccc2c1=O)N1CCN(Cc2ccncc2)CC1. The van der Waals surface area contributed by atoms with E-state index in [0.717, 1.165) is 19.6 Å². The second-order valence-corrected chi connectivity index (χ2v) is 7.21. The van der Waals surface area contributed by atoms with E-state index in [1.54, 1.807) is 36.7 Å². The lowest BCUT2D eigenvalue weighted by molar-refractivity contribution is -0.133. The first-order valence-corrected chi connectivity index (χ1v) is 9.73. The van der Waals surface area contributed by atoms with Crippen molar-refractivity contribution >= 4 is 16.7 Å². The molecule has 0 aliphatic carbocycles. The number of amides is 1. The summed E-state index contributed by atoms with van der Waals surface area (Å²) >= 11 is 0. The number of hydrogen-bond donors (Lipinski definition) is 1. The van der Waals surface area contributed by atoms with E-state index in [4.69, 9.17) is 0 Å². The van der Waals surface area contributed by atoms with Crippen molar-refractivity contribution in [2.45, 2.75) is 19.5 Å². The Bertz CT molecular complexity index is 1110. The monoisotopic (exact) mass is 393 g/mol. The van der Waals surface area contributed by atoms with Crippen LogP contribution in [0.5, 0.6) is 0 Å². The van der Waals surface area contributed by atoms with Crippen molar-refractivity contribution in [1.82, 2.24) is 24.6 Å². The smallest absolute Gasteiger partial charge is 0.273 e. The molecule has 1 amide bonds. The lowest BCUT2D eigenvalue weighted by Gasteiger charge is -2.34. The standard InChI is InChI=1S/C21H23N5O3/c27-19(25-13-11-24(12-14-25)15-16-5-8-22-9-6-16)7-10-26-21(29)18-4-2-1-3-17(18)20(28)23-26/h1-6,8-9H,7,10-15H2,(H,23,28). The Hall–Kier alpha value is -3.26. The Morgan fingerprint density at radius 1 is 0.966 bits per heavy atom. The molecule has 0 spiro atoms. The number of rotatable bonds is 5. The van der Waals surface area contributed by atoms with Crippen LogP contribution in [0.15, 0.2) is 58.4 Å². The van der Waals surface area contributed by atoms with Gasteiger partial charge in [0.05, 0.1) is 17.3 Å². The number of piperazine rings is 1. The van der Waals surface area contributed by atoms with Crippen LogP contribution in [0.1, 0.15) is 12.0 Å². The molecule has 1 aliphatic heterocycles. The lowest BCUT2D eigenvalue weighted by atomic mass is 10.2. The van der Waals surface area contributed by atoms with Gasteiger partial charge in [-0.15, -0.1) is 0 Å². The third-order valence-corrected chi connectivity index (χ3v) is 5.31. The summed E-state index contributed by atoms with van der Waals surface area (Å²) in [6.45, 7) is 3.94. The van der Waals surface area contributed by atoms with Crippen LogP contribution in [-0.4, -0.2) is 56.7 Å². The van der Waals surface area contributed by atoms with Crippen LogP contribution in [0.4, 0.5) is 0 Å². The highest BCUT2D eigenvalue weighted by molar-refractivity contribution is 5.80. The van der Waals surface area contributed by atoms with Crippen molar-refractivity contribution in [2.24, 2.45) is 0 Å². The number of carbonyl (C=O) groups is 1. The molecule has 0 radical (unpaired) electrons. The minimum absolute atomic E-state index is 0.00512. The molecule has 3 heterocycles. The molecule has 0 saturated carbocycles. The number of benzene rings is 1. The van der Waals surface area contributed by atoms with Gasteiger partial charge in [0.15, 0.2) is 0 Å². The van der Waals surface area contributed by atoms with Gasteiger partial charge in [-0.2, -0.15) is 0 Å². The number of aromatic amines is 1. The van der Waals surface area contributed by atoms with Gasteiger partial charge in [-0.25, -0.2) is 4.68 Å². The van der Waals surface area contributed by atoms with Gasteiger partial charge < -0.3 is 4.90 Å². The fourth-order valence-electron chi connectivity index (χ4n) is 3.67. The number of pyridine rings is 1. The second-order valence-electron chi connectivity index (χ2n) is 7.21. The topological polar surface area (TPSA) is 91.3 Å². The molecule has 0 unspecified atom stereocenters. The van der Waals surface area contributed by atoms with Gasteiger partial charge in [0.1, 0.15) is 0 Å². The summed E-state index contributed by atoms with van der Waals surface area (Å²) in [4.78, 5) is 45.5. The van der Waals surface area contributed by atoms with Crippen molar-refractivity contribution in [1.29, 1.82) is 0 Å². The molecular formula is C21H23N5O3. The van der Waals surface area contributed by atoms with Gasteiger partial charge in [0.2, 0.25) is 5.91 Å². The third kappa shape index (κ3) is 4.27. The van der Waals surface area contributed by atoms with E-state index in [0.29, 0.717) is 23.9 Å². The zero-order valence-electron chi connectivity index (χ0n) is 16.1. The first kappa shape index (κ1) is 19.1. The van der Waals surface area contributed by atoms with Gasteiger partial charge >= 0.3 is 0 Å². The highest BCUT2D eigenvalue weighted by Crippen LogP contribution is 2.09. The van der Waals surface area contributed by atoms with Gasteiger partial charge in [-0.1, -0.05) is 12.1 Å². The highest BCUT2D eigenvalue weighted by atomic mass is 16.2. The first-order chi connectivity index (χ1) is 14.1. The molecule has 2 aromatic heterocycles. The maximum absolute atomic E-state index is 12.6. The zero-order chi connectivity index (χ0) is 20.2. The minimum atomic E-state index is -0.322. The van der Waals surface area contributed by atoms with E-state index in [9.17, 15) is 14.4 Å². The van der Waals surface area contributed by atoms with Gasteiger partial charge in [0.25, 0.3) is 11.1 Å². The molecule has 0 atom stereocenters. The fourth-order valence-corrected chi connectivity index (χ4v) is 3.67. The van der Waals surface area contributed by atoms with E-state index >= 15 is 0 Å². The minimum Gasteiger partial charge on any atom is -0.340 e. The molecule has 3 aromatic rings. The van der Waals surface area contributed by atoms with Crippen LogP contribution >= 0.6 is 0 Å². The third-order valence-electron chi connectivity index (χ3n) is 5.31. The number of aromatic nitrogens is 3. The molecule has 1 aromatic carbocycles. The molecule has 29 heavy (non-hydrogen) atoms. The number of nitrogens with zero attached hydrogens (tertiary/aromatic N) is 4. The number of hydrogen-bond acceptors (Lipinski definition) is 5. The Morgan fingerprint density at radius 2 is 1.66 bits per heavy atom. The quantitative estimate of drug-likeness (QED) is 0.693. The number of H-pyrrole nitrogens is 1. The zero-order valence-corrected chi connectivity index (χ0v) is 16.1. The molecule has 4 rings (SSSR count). The number of nitrogens with one attached hydrogen (secondary N) is 1. The van der Waals surface area contributed by atoms with Gasteiger partial charge in [-0.3, -0.25) is 29.4 Å². The molecule has 1 aliphatic rings. The van der Waals surface area contributed by atoms with E-state index in [1.807, 2.05) is 17.0 Å². The maximum atomic E-state index is 12.6. The number of aryl methyl sites for hydroxylation is 1. The summed E-state index contributed by atoms with van der Waals surface area (Å²) in [5.74, 6) is -0.00512. The Balaban J connectivity index is 1.34. The van der Waals surface area contributed by atoms with E-state index in [2.05, 4.69) is 15.0 Å². The van der Waals surface area contributed by atoms with Crippen molar-refractivity contribution in [3.63, 3.8) is 0 Å². The normalized spacial score (nSPS) is 15.0. The van der Waals surface area contributed by atoms with Crippen LogP contribution in [0.2, 0.25) is 0 Å². The van der Waals surface area contributed by atoms with Crippen LogP contribution in [0.25, 0.3) is 10.8 Å². The summed E-state index contributed by atoms with van der Waals surface area (Å²) in [6.07, 6.45) is 3.75. The van der Waals surface area contributed by atoms with Crippen LogP contribution in [0, 0.1) is 0 Å². The van der Waals surface area contributed by atoms with E-state index < -0.39 is 0 Å². The fraction of sp³-hybridized carbons (Fsp3) is 0.333. The molecule has 1 saturated heterocycles. The van der Waals surface area contributed by atoms with Gasteiger partial charge in [-0.05, 0) is 29.8 Å². The van der Waals surface area contributed by atoms with E-state index in [1.165, 1.54) is 10.2 Å². The predicted molar refractivity (Wildman–Crippen MR) is 110 cm³/mol. The number of carbonyl (C=O) groups excluding carboxylic acids is 1. The lowest BCUT2D eigenvalue weighted by Crippen LogP contribution is -2.48. The largest absolute Gasteiger partial charge is 0.340 e. The molecule has 1 N–H and O–H groups in total. The van der Waals surface area contributed by atoms with Crippen molar-refractivity contribution in [3.8, 4) is 0 Å². The summed E-state index contributed by atoms with van der Waals surface area (Å²) in [5, 5.41) is 3.31. The maximum Gasteiger partial charge on any atom is 0.273 e. The Kier molecular flexibility index (Phi) is 5.53. The first-order valence-electron chi connectivity index (χ1n) is 9.73. The molecule has 150 valence electrons. The molecule has 8 heteroatoms. The Morgan fingerprint density at radius 3 is 2.38 bits per heavy atom. The van der Waals surface area contributed by atoms with E-state index in [-0.39, 0.29) is 30.0 Å². The molecule has 8 nitrogen and oxygen atoms in total. The van der Waals surface area contributed by atoms with Crippen LogP contribution in [-0.2, 0) is 17.9 Å². The predicted octanol–water partition coefficient (Wildman–Crippen LogP) is 0.819. The molecule has 0 bridgehead atoms.